The average molecular weight is 1400 g/mol. The number of aliphatic hydroxyl groups excluding tert-OH is 10. The van der Waals surface area contributed by atoms with Crippen LogP contribution in [0.3, 0.4) is 0 Å². The van der Waals surface area contributed by atoms with Gasteiger partial charge in [0.05, 0.1) is 13.2 Å². The molecule has 562 valence electrons. The van der Waals surface area contributed by atoms with Gasteiger partial charge in [-0.2, -0.15) is 0 Å². The molecule has 18 unspecified atom stereocenters. The molecule has 25 heteroatoms. The molecule has 3 fully saturated rings. The van der Waals surface area contributed by atoms with E-state index >= 15 is 0 Å². The van der Waals surface area contributed by atoms with Crippen molar-refractivity contribution in [3.05, 3.63) is 24.3 Å². The normalized spacial score (nSPS) is 28.1. The number of hydrogen-bond donors (Lipinski definition) is 11. The van der Waals surface area contributed by atoms with Crippen LogP contribution < -0.4 is 0 Å². The van der Waals surface area contributed by atoms with Gasteiger partial charge in [-0.3, -0.25) is 23.4 Å². The highest BCUT2D eigenvalue weighted by Gasteiger charge is 2.58. The van der Waals surface area contributed by atoms with Gasteiger partial charge in [0.1, 0.15) is 98.7 Å². The first-order valence-corrected chi connectivity index (χ1v) is 38.6. The monoisotopic (exact) mass is 1400 g/mol. The molecule has 0 bridgehead atoms. The van der Waals surface area contributed by atoms with Crippen LogP contribution in [0.25, 0.3) is 0 Å². The Hall–Kier alpha value is -2.56. The van der Waals surface area contributed by atoms with Gasteiger partial charge in [-0.25, -0.2) is 4.57 Å². The Labute approximate surface area is 573 Å². The summed E-state index contributed by atoms with van der Waals surface area (Å²) in [5.74, 6) is -2.00. The van der Waals surface area contributed by atoms with Crippen molar-refractivity contribution >= 4 is 25.7 Å². The van der Waals surface area contributed by atoms with Crippen molar-refractivity contribution in [2.24, 2.45) is 0 Å². The van der Waals surface area contributed by atoms with Gasteiger partial charge in [0.15, 0.2) is 18.7 Å². The van der Waals surface area contributed by atoms with Crippen molar-refractivity contribution < 1.29 is 117 Å². The fourth-order valence-electron chi connectivity index (χ4n) is 12.1. The summed E-state index contributed by atoms with van der Waals surface area (Å²) in [5.41, 5.74) is 0. The quantitative estimate of drug-likeness (QED) is 0.00886. The number of phosphoric acid groups is 1. The molecule has 18 atom stereocenters. The lowest BCUT2D eigenvalue weighted by atomic mass is 9.84. The molecule has 1 saturated carbocycles. The van der Waals surface area contributed by atoms with E-state index in [1.54, 1.807) is 0 Å². The second kappa shape index (κ2) is 53.3. The van der Waals surface area contributed by atoms with Crippen LogP contribution in [0.4, 0.5) is 0 Å². The van der Waals surface area contributed by atoms with Crippen LogP contribution in [0.1, 0.15) is 278 Å². The molecule has 3 aliphatic rings. The van der Waals surface area contributed by atoms with E-state index in [2.05, 4.69) is 45.1 Å². The van der Waals surface area contributed by atoms with Crippen LogP contribution in [0, 0.1) is 0 Å². The first-order valence-electron chi connectivity index (χ1n) is 37.1. The first kappa shape index (κ1) is 87.7. The minimum atomic E-state index is -5.70. The molecule has 0 radical (unpaired) electrons. The lowest BCUT2D eigenvalue weighted by Gasteiger charge is -2.49. The van der Waals surface area contributed by atoms with Gasteiger partial charge in [0.2, 0.25) is 0 Å². The number of carbonyl (C=O) groups is 3. The van der Waals surface area contributed by atoms with Gasteiger partial charge in [-0.05, 0) is 70.6 Å². The third-order valence-electron chi connectivity index (χ3n) is 18.2. The molecule has 2 heterocycles. The van der Waals surface area contributed by atoms with Crippen molar-refractivity contribution in [3.63, 3.8) is 0 Å². The van der Waals surface area contributed by atoms with Crippen LogP contribution in [-0.2, 0) is 61.2 Å². The number of aliphatic hydroxyl groups is 10. The zero-order valence-corrected chi connectivity index (χ0v) is 59.3. The molecule has 2 saturated heterocycles. The number of ether oxygens (including phenoxy) is 7. The molecule has 0 aromatic heterocycles. The Morgan fingerprint density at radius 2 is 0.729 bits per heavy atom. The van der Waals surface area contributed by atoms with E-state index in [1.807, 2.05) is 0 Å². The minimum Gasteiger partial charge on any atom is -0.463 e. The second-order valence-corrected chi connectivity index (χ2v) is 28.1. The largest absolute Gasteiger partial charge is 0.472 e. The Kier molecular flexibility index (Phi) is 48.7. The fraction of sp³-hybridized carbons (Fsp3) is 0.901. The van der Waals surface area contributed by atoms with Crippen LogP contribution in [0.2, 0.25) is 0 Å². The van der Waals surface area contributed by atoms with Crippen LogP contribution >= 0.6 is 7.82 Å². The van der Waals surface area contributed by atoms with Gasteiger partial charge in [0.25, 0.3) is 0 Å². The summed E-state index contributed by atoms with van der Waals surface area (Å²) in [4.78, 5) is 50.9. The van der Waals surface area contributed by atoms with E-state index in [0.29, 0.717) is 19.3 Å². The molecule has 11 N–H and O–H groups in total. The number of carbonyl (C=O) groups excluding carboxylic acids is 3. The average Bonchev–Trinajstić information content (AvgIpc) is 0.795. The molecule has 0 amide bonds. The Balaban J connectivity index is 1.75. The van der Waals surface area contributed by atoms with E-state index in [-0.39, 0.29) is 19.3 Å². The highest BCUT2D eigenvalue weighted by atomic mass is 31.2. The number of hydrogen-bond acceptors (Lipinski definition) is 23. The SMILES string of the molecule is CCCCCC/C=C\CCCCCCCCCC(=O)OCC(COP(=O)(O)OC1C(OC2OC(CO)C(O)C(O)C2O)C(O)C(O)C(O)C1OC1OC(COC(=O)CCCCCCCCCCCCC)C(O)C(O)C1O)OC(=O)CCCCCCCCC/C=C\CCCCCC. The van der Waals surface area contributed by atoms with Crippen LogP contribution in [0.5, 0.6) is 0 Å². The van der Waals surface area contributed by atoms with E-state index in [0.717, 1.165) is 135 Å². The molecule has 0 aromatic rings. The number of allylic oxidation sites excluding steroid dienone is 4. The number of rotatable bonds is 57. The molecule has 1 aliphatic carbocycles. The predicted octanol–water partition coefficient (Wildman–Crippen LogP) is 9.74. The summed E-state index contributed by atoms with van der Waals surface area (Å²) in [6, 6.07) is 0. The highest BCUT2D eigenvalue weighted by Crippen LogP contribution is 2.49. The standard InChI is InChI=1S/C71H129O24P/c1-4-7-10-13-16-19-22-24-26-28-31-34-36-39-42-45-55(73)87-49-52(90-57(75)47-44-41-38-35-32-29-27-25-23-20-17-14-11-8-5-2)50-89-96(85,86)95-69-67(93-70-65(83)60(78)58(76)53(48-72)91-70)63(81)62(80)64(82)68(69)94-71-66(84)61(79)59(77)54(92-71)51-88-56(74)46-43-40-37-33-30-21-18-15-12-9-6-3/h19-20,22-23,52-54,58-72,76-84H,4-18,21,24-51H2,1-3H3,(H,85,86)/b22-19-,23-20-. The highest BCUT2D eigenvalue weighted by molar-refractivity contribution is 7.47. The minimum absolute atomic E-state index is 0.0302. The van der Waals surface area contributed by atoms with Crippen molar-refractivity contribution in [1.82, 2.24) is 0 Å². The summed E-state index contributed by atoms with van der Waals surface area (Å²) in [6.07, 6.45) is 12.5. The fourth-order valence-corrected chi connectivity index (χ4v) is 13.1. The number of unbranched alkanes of at least 4 members (excludes halogenated alkanes) is 32. The smallest absolute Gasteiger partial charge is 0.463 e. The molecule has 24 nitrogen and oxygen atoms in total. The zero-order chi connectivity index (χ0) is 70.4. The van der Waals surface area contributed by atoms with E-state index in [1.165, 1.54) is 83.5 Å². The molecular formula is C71H129O24P. The number of esters is 3. The predicted molar refractivity (Wildman–Crippen MR) is 361 cm³/mol. The van der Waals surface area contributed by atoms with Crippen molar-refractivity contribution in [2.75, 3.05) is 26.4 Å². The van der Waals surface area contributed by atoms with Crippen molar-refractivity contribution in [3.8, 4) is 0 Å². The topological polar surface area (TPSA) is 374 Å². The Bertz CT molecular complexity index is 2090. The maximum atomic E-state index is 14.3. The molecule has 2 aliphatic heterocycles. The Morgan fingerprint density at radius 1 is 0.396 bits per heavy atom. The Morgan fingerprint density at radius 3 is 1.14 bits per heavy atom. The molecule has 3 rings (SSSR count). The second-order valence-electron chi connectivity index (χ2n) is 26.7. The zero-order valence-electron chi connectivity index (χ0n) is 58.4. The maximum Gasteiger partial charge on any atom is 0.472 e. The third kappa shape index (κ3) is 36.4. The summed E-state index contributed by atoms with van der Waals surface area (Å²) in [7, 11) is -5.70. The van der Waals surface area contributed by atoms with Crippen LogP contribution in [-0.4, -0.2) is 204 Å². The number of phosphoric ester groups is 1. The van der Waals surface area contributed by atoms with Gasteiger partial charge >= 0.3 is 25.7 Å². The van der Waals surface area contributed by atoms with Crippen LogP contribution in [0.15, 0.2) is 24.3 Å². The molecular weight excluding hydrogens is 1270 g/mol. The van der Waals surface area contributed by atoms with Gasteiger partial charge in [-0.15, -0.1) is 0 Å². The van der Waals surface area contributed by atoms with E-state index in [9.17, 15) is 74.9 Å². The van der Waals surface area contributed by atoms with E-state index < -0.39 is 156 Å². The lowest BCUT2D eigenvalue weighted by molar-refractivity contribution is -0.360. The molecule has 0 spiro atoms. The maximum absolute atomic E-state index is 14.3. The van der Waals surface area contributed by atoms with Crippen molar-refractivity contribution in [2.45, 2.75) is 382 Å². The summed E-state index contributed by atoms with van der Waals surface area (Å²) in [6.45, 7) is 3.39. The summed E-state index contributed by atoms with van der Waals surface area (Å²) < 4.78 is 64.9. The summed E-state index contributed by atoms with van der Waals surface area (Å²) in [5, 5.41) is 110. The molecule has 0 aromatic carbocycles. The first-order chi connectivity index (χ1) is 46.3. The van der Waals surface area contributed by atoms with Crippen molar-refractivity contribution in [1.29, 1.82) is 0 Å². The lowest BCUT2D eigenvalue weighted by Crippen LogP contribution is -2.69. The summed E-state index contributed by atoms with van der Waals surface area (Å²) >= 11 is 0. The van der Waals surface area contributed by atoms with E-state index in [4.69, 9.17) is 42.2 Å². The third-order valence-corrected chi connectivity index (χ3v) is 19.2. The van der Waals surface area contributed by atoms with Gasteiger partial charge in [0, 0.05) is 19.3 Å². The van der Waals surface area contributed by atoms with Gasteiger partial charge in [-0.1, -0.05) is 212 Å². The molecule has 96 heavy (non-hydrogen) atoms. The van der Waals surface area contributed by atoms with Gasteiger partial charge < -0.3 is 89.1 Å².